The van der Waals surface area contributed by atoms with Crippen molar-refractivity contribution in [3.63, 3.8) is 0 Å². The molecule has 0 radical (unpaired) electrons. The van der Waals surface area contributed by atoms with Gasteiger partial charge in [0, 0.05) is 10.7 Å². The Balaban J connectivity index is 1.99. The minimum absolute atomic E-state index is 0.144. The van der Waals surface area contributed by atoms with Crippen LogP contribution in [0.15, 0.2) is 48.5 Å². The second-order valence-electron chi connectivity index (χ2n) is 4.23. The molecule has 0 fully saturated rings. The number of amides is 1. The molecule has 6 heteroatoms. The summed E-state index contributed by atoms with van der Waals surface area (Å²) in [5.41, 5.74) is 7.73. The van der Waals surface area contributed by atoms with E-state index in [9.17, 15) is 4.79 Å². The van der Waals surface area contributed by atoms with Gasteiger partial charge in [0.25, 0.3) is 0 Å². The highest BCUT2D eigenvalue weighted by Crippen LogP contribution is 2.19. The number of nitrogens with zero attached hydrogens (tertiary/aromatic N) is 2. The van der Waals surface area contributed by atoms with E-state index in [0.29, 0.717) is 21.7 Å². The Bertz CT molecular complexity index is 797. The van der Waals surface area contributed by atoms with Crippen LogP contribution in [-0.4, -0.2) is 15.6 Å². The van der Waals surface area contributed by atoms with E-state index in [1.807, 2.05) is 12.1 Å². The first-order chi connectivity index (χ1) is 9.65. The van der Waals surface area contributed by atoms with Crippen molar-refractivity contribution in [3.05, 3.63) is 53.6 Å². The number of nitrogens with two attached hydrogens (primary N) is 1. The summed E-state index contributed by atoms with van der Waals surface area (Å²) in [6.45, 7) is 0. The van der Waals surface area contributed by atoms with E-state index in [1.165, 1.54) is 4.57 Å². The molecule has 0 unspecified atom stereocenters. The summed E-state index contributed by atoms with van der Waals surface area (Å²) in [6, 6.07) is 13.8. The van der Waals surface area contributed by atoms with Gasteiger partial charge in [-0.25, -0.2) is 14.3 Å². The lowest BCUT2D eigenvalue weighted by Gasteiger charge is -2.08. The lowest BCUT2D eigenvalue weighted by molar-refractivity contribution is 0.254. The molecular formula is C14H11ClN4O. The van der Waals surface area contributed by atoms with E-state index in [-0.39, 0.29) is 12.0 Å². The molecule has 0 aliphatic carbocycles. The summed E-state index contributed by atoms with van der Waals surface area (Å²) in [4.78, 5) is 16.5. The van der Waals surface area contributed by atoms with E-state index in [0.717, 1.165) is 0 Å². The van der Waals surface area contributed by atoms with Gasteiger partial charge in [0.05, 0.1) is 11.0 Å². The largest absolute Gasteiger partial charge is 0.369 e. The molecule has 0 bridgehead atoms. The smallest absolute Gasteiger partial charge is 0.333 e. The maximum atomic E-state index is 12.3. The van der Waals surface area contributed by atoms with Gasteiger partial charge in [-0.15, -0.1) is 0 Å². The Kier molecular flexibility index (Phi) is 3.04. The average Bonchev–Trinajstić information content (AvgIpc) is 2.74. The molecule has 0 aliphatic heterocycles. The van der Waals surface area contributed by atoms with Crippen LogP contribution in [0.4, 0.5) is 16.4 Å². The predicted octanol–water partition coefficient (Wildman–Crippen LogP) is 3.35. The van der Waals surface area contributed by atoms with Crippen LogP contribution in [0.3, 0.4) is 0 Å². The van der Waals surface area contributed by atoms with Crippen molar-refractivity contribution in [1.82, 2.24) is 9.55 Å². The van der Waals surface area contributed by atoms with Crippen molar-refractivity contribution < 1.29 is 4.79 Å². The number of hydrogen-bond donors (Lipinski definition) is 2. The van der Waals surface area contributed by atoms with Gasteiger partial charge >= 0.3 is 6.03 Å². The number of carbonyl (C=O) groups excluding carboxylic acids is 1. The van der Waals surface area contributed by atoms with Gasteiger partial charge in [0.2, 0.25) is 5.95 Å². The van der Waals surface area contributed by atoms with Gasteiger partial charge < -0.3 is 11.1 Å². The van der Waals surface area contributed by atoms with Crippen molar-refractivity contribution in [2.75, 3.05) is 11.1 Å². The minimum Gasteiger partial charge on any atom is -0.369 e. The van der Waals surface area contributed by atoms with Crippen LogP contribution in [0.1, 0.15) is 0 Å². The fourth-order valence-corrected chi connectivity index (χ4v) is 2.19. The topological polar surface area (TPSA) is 72.9 Å². The summed E-state index contributed by atoms with van der Waals surface area (Å²) in [5.74, 6) is 0.144. The van der Waals surface area contributed by atoms with Gasteiger partial charge in [-0.3, -0.25) is 0 Å². The molecule has 1 aromatic heterocycles. The lowest BCUT2D eigenvalue weighted by atomic mass is 10.3. The maximum Gasteiger partial charge on any atom is 0.333 e. The average molecular weight is 287 g/mol. The molecule has 1 amide bonds. The third-order valence-electron chi connectivity index (χ3n) is 2.87. The number of imidazole rings is 1. The van der Waals surface area contributed by atoms with Crippen LogP contribution in [0.2, 0.25) is 5.02 Å². The second-order valence-corrected chi connectivity index (χ2v) is 4.67. The summed E-state index contributed by atoms with van der Waals surface area (Å²) < 4.78 is 1.33. The Morgan fingerprint density at radius 2 is 2.00 bits per heavy atom. The molecule has 0 spiro atoms. The molecule has 5 nitrogen and oxygen atoms in total. The molecule has 0 aliphatic rings. The zero-order chi connectivity index (χ0) is 14.1. The van der Waals surface area contributed by atoms with Crippen LogP contribution in [0.5, 0.6) is 0 Å². The van der Waals surface area contributed by atoms with E-state index >= 15 is 0 Å². The van der Waals surface area contributed by atoms with Crippen molar-refractivity contribution in [1.29, 1.82) is 0 Å². The van der Waals surface area contributed by atoms with Crippen LogP contribution in [0, 0.1) is 0 Å². The minimum atomic E-state index is -0.376. The van der Waals surface area contributed by atoms with Crippen molar-refractivity contribution >= 4 is 40.3 Å². The van der Waals surface area contributed by atoms with Crippen LogP contribution >= 0.6 is 11.6 Å². The van der Waals surface area contributed by atoms with Gasteiger partial charge in [-0.2, -0.15) is 0 Å². The summed E-state index contributed by atoms with van der Waals surface area (Å²) in [5, 5.41) is 3.29. The molecule has 3 N–H and O–H groups in total. The molecule has 2 aromatic carbocycles. The van der Waals surface area contributed by atoms with Gasteiger partial charge in [0.15, 0.2) is 0 Å². The van der Waals surface area contributed by atoms with Crippen molar-refractivity contribution in [3.8, 4) is 0 Å². The molecule has 3 rings (SSSR count). The number of anilines is 2. The van der Waals surface area contributed by atoms with E-state index in [1.54, 1.807) is 36.4 Å². The fourth-order valence-electron chi connectivity index (χ4n) is 2.00. The van der Waals surface area contributed by atoms with Gasteiger partial charge in [-0.05, 0) is 30.3 Å². The SMILES string of the molecule is Nc1nc2ccccc2n1C(=O)Nc1cccc(Cl)c1. The number of para-hydroxylation sites is 2. The first-order valence-corrected chi connectivity index (χ1v) is 6.33. The Labute approximate surface area is 120 Å². The van der Waals surface area contributed by atoms with Crippen molar-refractivity contribution in [2.24, 2.45) is 0 Å². The van der Waals surface area contributed by atoms with Gasteiger partial charge in [0.1, 0.15) is 0 Å². The third-order valence-corrected chi connectivity index (χ3v) is 3.10. The number of rotatable bonds is 1. The molecule has 0 atom stereocenters. The predicted molar refractivity (Wildman–Crippen MR) is 80.0 cm³/mol. The third kappa shape index (κ3) is 2.19. The van der Waals surface area contributed by atoms with E-state index in [2.05, 4.69) is 10.3 Å². The molecule has 3 aromatic rings. The first kappa shape index (κ1) is 12.5. The zero-order valence-electron chi connectivity index (χ0n) is 10.4. The Morgan fingerprint density at radius 3 is 2.80 bits per heavy atom. The summed E-state index contributed by atoms with van der Waals surface area (Å²) in [7, 11) is 0. The van der Waals surface area contributed by atoms with E-state index in [4.69, 9.17) is 17.3 Å². The molecule has 1 heterocycles. The number of nitrogens with one attached hydrogen (secondary N) is 1. The standard InChI is InChI=1S/C14H11ClN4O/c15-9-4-3-5-10(8-9)17-14(20)19-12-7-2-1-6-11(12)18-13(19)16/h1-8H,(H2,16,18)(H,17,20). The zero-order valence-corrected chi connectivity index (χ0v) is 11.1. The molecular weight excluding hydrogens is 276 g/mol. The van der Waals surface area contributed by atoms with Gasteiger partial charge in [-0.1, -0.05) is 29.8 Å². The lowest BCUT2D eigenvalue weighted by Crippen LogP contribution is -2.21. The molecule has 0 saturated heterocycles. The number of carbonyl (C=O) groups is 1. The highest BCUT2D eigenvalue weighted by Gasteiger charge is 2.14. The molecule has 100 valence electrons. The second kappa shape index (κ2) is 4.86. The number of aromatic nitrogens is 2. The summed E-state index contributed by atoms with van der Waals surface area (Å²) >= 11 is 5.88. The molecule has 20 heavy (non-hydrogen) atoms. The van der Waals surface area contributed by atoms with Crippen molar-refractivity contribution in [2.45, 2.75) is 0 Å². The number of benzene rings is 2. The quantitative estimate of drug-likeness (QED) is 0.720. The Morgan fingerprint density at radius 1 is 1.20 bits per heavy atom. The summed E-state index contributed by atoms with van der Waals surface area (Å²) in [6.07, 6.45) is 0. The number of halogens is 1. The highest BCUT2D eigenvalue weighted by molar-refractivity contribution is 6.30. The number of hydrogen-bond acceptors (Lipinski definition) is 3. The number of fused-ring (bicyclic) bond motifs is 1. The van der Waals surface area contributed by atoms with Crippen LogP contribution in [0.25, 0.3) is 11.0 Å². The highest BCUT2D eigenvalue weighted by atomic mass is 35.5. The number of nitrogen functional groups attached to an aromatic ring is 1. The van der Waals surface area contributed by atoms with Crippen LogP contribution in [-0.2, 0) is 0 Å². The van der Waals surface area contributed by atoms with E-state index < -0.39 is 0 Å². The van der Waals surface area contributed by atoms with Crippen LogP contribution < -0.4 is 11.1 Å². The first-order valence-electron chi connectivity index (χ1n) is 5.95. The Hall–Kier alpha value is -2.53. The monoisotopic (exact) mass is 286 g/mol. The fraction of sp³-hybridized carbons (Fsp3) is 0. The molecule has 0 saturated carbocycles. The normalized spacial score (nSPS) is 10.7. The maximum absolute atomic E-state index is 12.3.